The fraction of sp³-hybridized carbons (Fsp3) is 0. The highest BCUT2D eigenvalue weighted by Crippen LogP contribution is 2.32. The molecule has 0 spiro atoms. The molecule has 1 heterocycles. The van der Waals surface area contributed by atoms with Crippen molar-refractivity contribution in [2.24, 2.45) is 0 Å². The van der Waals surface area contributed by atoms with E-state index in [4.69, 9.17) is 15.7 Å². The molecule has 1 aromatic heterocycles. The maximum absolute atomic E-state index is 13.9. The molecule has 0 saturated heterocycles. The van der Waals surface area contributed by atoms with E-state index >= 15 is 0 Å². The summed E-state index contributed by atoms with van der Waals surface area (Å²) >= 11 is 0. The van der Waals surface area contributed by atoms with E-state index in [1.165, 1.54) is 6.07 Å². The van der Waals surface area contributed by atoms with E-state index in [-0.39, 0.29) is 17.0 Å². The van der Waals surface area contributed by atoms with Gasteiger partial charge in [-0.3, -0.25) is 9.97 Å². The molecular weight excluding hydrogens is 271 g/mol. The first kappa shape index (κ1) is 12.8. The Kier molecular flexibility index (Phi) is 3.09. The van der Waals surface area contributed by atoms with E-state index < -0.39 is 5.82 Å². The van der Waals surface area contributed by atoms with Crippen molar-refractivity contribution < 1.29 is 9.13 Å². The second kappa shape index (κ2) is 5.06. The SMILES string of the molecule is N#Cc1c(N)ccc(F)c1Oc1ccc2nccnc2c1. The smallest absolute Gasteiger partial charge is 0.182 e. The molecule has 3 rings (SSSR count). The summed E-state index contributed by atoms with van der Waals surface area (Å²) in [4.78, 5) is 8.27. The monoisotopic (exact) mass is 280 g/mol. The number of rotatable bonds is 2. The lowest BCUT2D eigenvalue weighted by atomic mass is 10.1. The third-order valence-electron chi connectivity index (χ3n) is 2.91. The summed E-state index contributed by atoms with van der Waals surface area (Å²) in [6.07, 6.45) is 3.13. The number of hydrogen-bond acceptors (Lipinski definition) is 5. The zero-order valence-electron chi connectivity index (χ0n) is 10.7. The average molecular weight is 280 g/mol. The van der Waals surface area contributed by atoms with E-state index in [1.54, 1.807) is 30.6 Å². The number of anilines is 1. The number of nitrogens with two attached hydrogens (primary N) is 1. The predicted octanol–water partition coefficient (Wildman–Crippen LogP) is 3.02. The van der Waals surface area contributed by atoms with Crippen molar-refractivity contribution in [2.45, 2.75) is 0 Å². The van der Waals surface area contributed by atoms with Gasteiger partial charge in [0.1, 0.15) is 17.4 Å². The van der Waals surface area contributed by atoms with Crippen LogP contribution in [0.25, 0.3) is 11.0 Å². The van der Waals surface area contributed by atoms with Crippen molar-refractivity contribution in [3.05, 3.63) is 54.1 Å². The second-order valence-electron chi connectivity index (χ2n) is 4.26. The average Bonchev–Trinajstić information content (AvgIpc) is 2.51. The van der Waals surface area contributed by atoms with Gasteiger partial charge in [-0.2, -0.15) is 5.26 Å². The lowest BCUT2D eigenvalue weighted by Crippen LogP contribution is -1.97. The highest BCUT2D eigenvalue weighted by Gasteiger charge is 2.14. The summed E-state index contributed by atoms with van der Waals surface area (Å²) in [6.45, 7) is 0. The molecular formula is C15H9FN4O. The van der Waals surface area contributed by atoms with E-state index in [1.807, 2.05) is 6.07 Å². The topological polar surface area (TPSA) is 84.8 Å². The number of hydrogen-bond donors (Lipinski definition) is 1. The van der Waals surface area contributed by atoms with Crippen LogP contribution < -0.4 is 10.5 Å². The minimum atomic E-state index is -0.653. The van der Waals surface area contributed by atoms with Gasteiger partial charge in [0.2, 0.25) is 0 Å². The third-order valence-corrected chi connectivity index (χ3v) is 2.91. The van der Waals surface area contributed by atoms with Crippen molar-refractivity contribution in [1.82, 2.24) is 9.97 Å². The van der Waals surface area contributed by atoms with Crippen LogP contribution in [-0.2, 0) is 0 Å². The number of nitrogens with zero attached hydrogens (tertiary/aromatic N) is 3. The molecule has 0 radical (unpaired) electrons. The van der Waals surface area contributed by atoms with Gasteiger partial charge in [0.15, 0.2) is 11.6 Å². The first-order valence-electron chi connectivity index (χ1n) is 6.06. The van der Waals surface area contributed by atoms with Gasteiger partial charge in [-0.25, -0.2) is 4.39 Å². The number of nitrogen functional groups attached to an aromatic ring is 1. The Morgan fingerprint density at radius 3 is 2.62 bits per heavy atom. The molecule has 0 atom stereocenters. The van der Waals surface area contributed by atoms with Gasteiger partial charge >= 0.3 is 0 Å². The van der Waals surface area contributed by atoms with Crippen molar-refractivity contribution in [2.75, 3.05) is 5.73 Å². The van der Waals surface area contributed by atoms with E-state index in [0.29, 0.717) is 16.8 Å². The zero-order chi connectivity index (χ0) is 14.8. The molecule has 21 heavy (non-hydrogen) atoms. The van der Waals surface area contributed by atoms with Crippen molar-refractivity contribution >= 4 is 16.7 Å². The van der Waals surface area contributed by atoms with Gasteiger partial charge in [0.25, 0.3) is 0 Å². The maximum Gasteiger partial charge on any atom is 0.182 e. The van der Waals surface area contributed by atoms with Crippen molar-refractivity contribution in [3.8, 4) is 17.6 Å². The molecule has 5 nitrogen and oxygen atoms in total. The minimum Gasteiger partial charge on any atom is -0.453 e. The zero-order valence-corrected chi connectivity index (χ0v) is 10.7. The van der Waals surface area contributed by atoms with Crippen LogP contribution in [0.3, 0.4) is 0 Å². The molecule has 0 amide bonds. The Hall–Kier alpha value is -3.20. The van der Waals surface area contributed by atoms with Crippen LogP contribution in [0.1, 0.15) is 5.56 Å². The highest BCUT2D eigenvalue weighted by molar-refractivity contribution is 5.75. The summed E-state index contributed by atoms with van der Waals surface area (Å²) in [6, 6.07) is 9.27. The predicted molar refractivity (Wildman–Crippen MR) is 75.1 cm³/mol. The molecule has 102 valence electrons. The molecule has 2 aromatic carbocycles. The molecule has 2 N–H and O–H groups in total. The Labute approximate surface area is 119 Å². The minimum absolute atomic E-state index is 0.0331. The lowest BCUT2D eigenvalue weighted by Gasteiger charge is -2.10. The molecule has 0 aliphatic carbocycles. The molecule has 0 unspecified atom stereocenters. The summed E-state index contributed by atoms with van der Waals surface area (Å²) in [5.41, 5.74) is 7.08. The highest BCUT2D eigenvalue weighted by atomic mass is 19.1. The number of ether oxygens (including phenoxy) is 1. The molecule has 6 heteroatoms. The molecule has 3 aromatic rings. The fourth-order valence-corrected chi connectivity index (χ4v) is 1.91. The quantitative estimate of drug-likeness (QED) is 0.729. The summed E-state index contributed by atoms with van der Waals surface area (Å²) in [7, 11) is 0. The first-order chi connectivity index (χ1) is 10.2. The van der Waals surface area contributed by atoms with Gasteiger partial charge < -0.3 is 10.5 Å². The number of nitriles is 1. The number of fused-ring (bicyclic) bond motifs is 1. The molecule has 0 saturated carbocycles. The molecule has 0 bridgehead atoms. The van der Waals surface area contributed by atoms with Gasteiger partial charge in [-0.15, -0.1) is 0 Å². The van der Waals surface area contributed by atoms with Crippen LogP contribution in [0.4, 0.5) is 10.1 Å². The number of halogens is 1. The van der Waals surface area contributed by atoms with Crippen LogP contribution in [0, 0.1) is 17.1 Å². The van der Waals surface area contributed by atoms with Gasteiger partial charge in [-0.05, 0) is 24.3 Å². The van der Waals surface area contributed by atoms with Gasteiger partial charge in [0.05, 0.1) is 16.7 Å². The van der Waals surface area contributed by atoms with Gasteiger partial charge in [0, 0.05) is 18.5 Å². The van der Waals surface area contributed by atoms with Crippen molar-refractivity contribution in [1.29, 1.82) is 5.26 Å². The normalized spacial score (nSPS) is 10.3. The molecule has 0 fully saturated rings. The van der Waals surface area contributed by atoms with E-state index in [9.17, 15) is 4.39 Å². The standard InChI is InChI=1S/C15H9FN4O/c16-11-2-3-12(18)10(8-17)15(11)21-9-1-4-13-14(7-9)20-6-5-19-13/h1-7H,18H2. The lowest BCUT2D eigenvalue weighted by molar-refractivity contribution is 0.441. The van der Waals surface area contributed by atoms with Crippen molar-refractivity contribution in [3.63, 3.8) is 0 Å². The van der Waals surface area contributed by atoms with Crippen LogP contribution >= 0.6 is 0 Å². The Balaban J connectivity index is 2.07. The van der Waals surface area contributed by atoms with Gasteiger partial charge in [-0.1, -0.05) is 0 Å². The third kappa shape index (κ3) is 2.32. The van der Waals surface area contributed by atoms with Crippen LogP contribution in [0.5, 0.6) is 11.5 Å². The Morgan fingerprint density at radius 2 is 1.86 bits per heavy atom. The second-order valence-corrected chi connectivity index (χ2v) is 4.26. The molecule has 0 aliphatic rings. The largest absolute Gasteiger partial charge is 0.453 e. The summed E-state index contributed by atoms with van der Waals surface area (Å²) < 4.78 is 19.3. The van der Waals surface area contributed by atoms with E-state index in [0.717, 1.165) is 6.07 Å². The summed E-state index contributed by atoms with van der Waals surface area (Å²) in [5, 5.41) is 9.07. The van der Waals surface area contributed by atoms with Crippen LogP contribution in [-0.4, -0.2) is 9.97 Å². The summed E-state index contributed by atoms with van der Waals surface area (Å²) in [5.74, 6) is -0.496. The Bertz CT molecular complexity index is 873. The van der Waals surface area contributed by atoms with E-state index in [2.05, 4.69) is 9.97 Å². The van der Waals surface area contributed by atoms with Crippen LogP contribution in [0.15, 0.2) is 42.7 Å². The number of benzene rings is 2. The van der Waals surface area contributed by atoms with Crippen LogP contribution in [0.2, 0.25) is 0 Å². The maximum atomic E-state index is 13.9. The fourth-order valence-electron chi connectivity index (χ4n) is 1.91. The Morgan fingerprint density at radius 1 is 1.10 bits per heavy atom. The molecule has 0 aliphatic heterocycles. The number of aromatic nitrogens is 2. The first-order valence-corrected chi connectivity index (χ1v) is 6.06.